The summed E-state index contributed by atoms with van der Waals surface area (Å²) in [6.45, 7) is 7.04. The van der Waals surface area contributed by atoms with Crippen LogP contribution in [0.2, 0.25) is 0 Å². The normalized spacial score (nSPS) is 14.9. The number of rotatable bonds is 9. The van der Waals surface area contributed by atoms with Crippen molar-refractivity contribution < 1.29 is 9.47 Å². The Morgan fingerprint density at radius 3 is 2.06 bits per heavy atom. The van der Waals surface area contributed by atoms with Gasteiger partial charge in [0.2, 0.25) is 0 Å². The van der Waals surface area contributed by atoms with E-state index in [0.29, 0.717) is 0 Å². The number of nitrogens with one attached hydrogen (secondary N) is 2. The Balaban J connectivity index is 1.31. The van der Waals surface area contributed by atoms with Gasteiger partial charge in [-0.3, -0.25) is 9.89 Å². The summed E-state index contributed by atoms with van der Waals surface area (Å²) in [5, 5.41) is 6.78. The Morgan fingerprint density at radius 1 is 0.871 bits per heavy atom. The molecule has 7 heteroatoms. The third kappa shape index (κ3) is 7.07. The number of nitrogens with zero attached hydrogens (tertiary/aromatic N) is 3. The lowest BCUT2D eigenvalue weighted by atomic mass is 10.2. The standard InChI is InChI=1S/C24H35N5O2/c1-25-24(27-19-20-5-9-22(30-2)10-6-20)26-13-4-14-28-15-17-29(18-16-28)21-7-11-23(31-3)12-8-21/h5-12H,4,13-19H2,1-3H3,(H2,25,26,27). The van der Waals surface area contributed by atoms with E-state index in [4.69, 9.17) is 9.47 Å². The number of guanidine groups is 1. The number of anilines is 1. The summed E-state index contributed by atoms with van der Waals surface area (Å²) in [6, 6.07) is 16.4. The van der Waals surface area contributed by atoms with Crippen LogP contribution in [0.3, 0.4) is 0 Å². The van der Waals surface area contributed by atoms with E-state index in [1.54, 1.807) is 14.2 Å². The zero-order valence-corrected chi connectivity index (χ0v) is 18.9. The van der Waals surface area contributed by atoms with Gasteiger partial charge in [-0.1, -0.05) is 12.1 Å². The Labute approximate surface area is 186 Å². The maximum absolute atomic E-state index is 5.25. The van der Waals surface area contributed by atoms with E-state index >= 15 is 0 Å². The highest BCUT2D eigenvalue weighted by atomic mass is 16.5. The molecule has 7 nitrogen and oxygen atoms in total. The third-order valence-corrected chi connectivity index (χ3v) is 5.60. The van der Waals surface area contributed by atoms with Crippen molar-refractivity contribution in [2.75, 3.05) is 65.4 Å². The van der Waals surface area contributed by atoms with Crippen LogP contribution >= 0.6 is 0 Å². The fourth-order valence-corrected chi connectivity index (χ4v) is 3.68. The minimum Gasteiger partial charge on any atom is -0.497 e. The van der Waals surface area contributed by atoms with Crippen molar-refractivity contribution in [1.29, 1.82) is 0 Å². The molecule has 0 amide bonds. The average molecular weight is 426 g/mol. The van der Waals surface area contributed by atoms with Crippen molar-refractivity contribution in [2.24, 2.45) is 4.99 Å². The van der Waals surface area contributed by atoms with Gasteiger partial charge in [0, 0.05) is 52.0 Å². The monoisotopic (exact) mass is 425 g/mol. The van der Waals surface area contributed by atoms with Gasteiger partial charge in [0.25, 0.3) is 0 Å². The molecule has 1 fully saturated rings. The Bertz CT molecular complexity index is 800. The van der Waals surface area contributed by atoms with Crippen molar-refractivity contribution in [1.82, 2.24) is 15.5 Å². The van der Waals surface area contributed by atoms with E-state index in [9.17, 15) is 0 Å². The lowest BCUT2D eigenvalue weighted by Crippen LogP contribution is -2.47. The maximum Gasteiger partial charge on any atom is 0.191 e. The molecule has 1 aliphatic rings. The molecule has 1 aliphatic heterocycles. The van der Waals surface area contributed by atoms with Crippen molar-refractivity contribution in [2.45, 2.75) is 13.0 Å². The van der Waals surface area contributed by atoms with Crippen LogP contribution in [0.5, 0.6) is 11.5 Å². The summed E-state index contributed by atoms with van der Waals surface area (Å²) in [5.41, 5.74) is 2.47. The van der Waals surface area contributed by atoms with Gasteiger partial charge in [-0.05, 0) is 54.9 Å². The van der Waals surface area contributed by atoms with Gasteiger partial charge in [-0.25, -0.2) is 0 Å². The van der Waals surface area contributed by atoms with Crippen LogP contribution in [-0.4, -0.2) is 71.4 Å². The SMILES string of the molecule is CN=C(NCCCN1CCN(c2ccc(OC)cc2)CC1)NCc1ccc(OC)cc1. The van der Waals surface area contributed by atoms with Crippen LogP contribution < -0.4 is 25.0 Å². The summed E-state index contributed by atoms with van der Waals surface area (Å²) >= 11 is 0. The number of methoxy groups -OCH3 is 2. The van der Waals surface area contributed by atoms with E-state index in [2.05, 4.69) is 49.7 Å². The molecule has 1 saturated heterocycles. The number of piperazine rings is 1. The topological polar surface area (TPSA) is 61.4 Å². The molecule has 0 aliphatic carbocycles. The van der Waals surface area contributed by atoms with Crippen LogP contribution in [0.4, 0.5) is 5.69 Å². The smallest absolute Gasteiger partial charge is 0.191 e. The van der Waals surface area contributed by atoms with E-state index in [-0.39, 0.29) is 0 Å². The first-order chi connectivity index (χ1) is 15.2. The summed E-state index contributed by atoms with van der Waals surface area (Å²) in [7, 11) is 5.19. The predicted molar refractivity (Wildman–Crippen MR) is 127 cm³/mol. The molecule has 31 heavy (non-hydrogen) atoms. The summed E-state index contributed by atoms with van der Waals surface area (Å²) in [5.74, 6) is 2.61. The molecule has 168 valence electrons. The number of hydrogen-bond donors (Lipinski definition) is 2. The molecule has 0 unspecified atom stereocenters. The molecule has 0 radical (unpaired) electrons. The molecule has 0 aromatic heterocycles. The fourth-order valence-electron chi connectivity index (χ4n) is 3.68. The van der Waals surface area contributed by atoms with E-state index in [0.717, 1.165) is 69.7 Å². The second kappa shape index (κ2) is 12.1. The average Bonchev–Trinajstić information content (AvgIpc) is 2.84. The van der Waals surface area contributed by atoms with Crippen LogP contribution in [-0.2, 0) is 6.54 Å². The van der Waals surface area contributed by atoms with Gasteiger partial charge in [0.1, 0.15) is 11.5 Å². The first-order valence-electron chi connectivity index (χ1n) is 10.9. The third-order valence-electron chi connectivity index (χ3n) is 5.60. The Morgan fingerprint density at radius 2 is 1.48 bits per heavy atom. The van der Waals surface area contributed by atoms with Crippen LogP contribution in [0, 0.1) is 0 Å². The largest absolute Gasteiger partial charge is 0.497 e. The quantitative estimate of drug-likeness (QED) is 0.366. The molecule has 2 aromatic carbocycles. The highest BCUT2D eigenvalue weighted by Gasteiger charge is 2.16. The minimum atomic E-state index is 0.733. The molecule has 0 bridgehead atoms. The van der Waals surface area contributed by atoms with Gasteiger partial charge in [0.05, 0.1) is 14.2 Å². The van der Waals surface area contributed by atoms with Crippen LogP contribution in [0.25, 0.3) is 0 Å². The first-order valence-corrected chi connectivity index (χ1v) is 10.9. The second-order valence-electron chi connectivity index (χ2n) is 7.58. The Kier molecular flexibility index (Phi) is 8.84. The number of aliphatic imine (C=N–C) groups is 1. The van der Waals surface area contributed by atoms with Crippen molar-refractivity contribution in [3.63, 3.8) is 0 Å². The van der Waals surface area contributed by atoms with Gasteiger partial charge in [0.15, 0.2) is 5.96 Å². The minimum absolute atomic E-state index is 0.733. The molecule has 0 spiro atoms. The van der Waals surface area contributed by atoms with E-state index < -0.39 is 0 Å². The lowest BCUT2D eigenvalue weighted by molar-refractivity contribution is 0.255. The molecule has 2 N–H and O–H groups in total. The molecule has 0 atom stereocenters. The molecular weight excluding hydrogens is 390 g/mol. The number of benzene rings is 2. The van der Waals surface area contributed by atoms with Gasteiger partial charge in [-0.2, -0.15) is 0 Å². The summed E-state index contributed by atoms with van der Waals surface area (Å²) in [4.78, 5) is 9.30. The zero-order valence-electron chi connectivity index (χ0n) is 18.9. The number of ether oxygens (including phenoxy) is 2. The lowest BCUT2D eigenvalue weighted by Gasteiger charge is -2.36. The molecule has 1 heterocycles. The molecule has 3 rings (SSSR count). The molecule has 0 saturated carbocycles. The summed E-state index contributed by atoms with van der Waals surface area (Å²) < 4.78 is 10.5. The van der Waals surface area contributed by atoms with Gasteiger partial charge in [-0.15, -0.1) is 0 Å². The Hall–Kier alpha value is -2.93. The molecule has 2 aromatic rings. The maximum atomic E-state index is 5.25. The predicted octanol–water partition coefficient (Wildman–Crippen LogP) is 2.58. The highest BCUT2D eigenvalue weighted by molar-refractivity contribution is 5.79. The van der Waals surface area contributed by atoms with Crippen molar-refractivity contribution >= 4 is 11.6 Å². The zero-order chi connectivity index (χ0) is 21.9. The number of hydrogen-bond acceptors (Lipinski definition) is 5. The fraction of sp³-hybridized carbons (Fsp3) is 0.458. The van der Waals surface area contributed by atoms with E-state index in [1.807, 2.05) is 31.3 Å². The summed E-state index contributed by atoms with van der Waals surface area (Å²) in [6.07, 6.45) is 1.09. The second-order valence-corrected chi connectivity index (χ2v) is 7.58. The highest BCUT2D eigenvalue weighted by Crippen LogP contribution is 2.20. The van der Waals surface area contributed by atoms with Gasteiger partial charge >= 0.3 is 0 Å². The van der Waals surface area contributed by atoms with Crippen LogP contribution in [0.15, 0.2) is 53.5 Å². The molecular formula is C24H35N5O2. The van der Waals surface area contributed by atoms with Crippen LogP contribution in [0.1, 0.15) is 12.0 Å². The van der Waals surface area contributed by atoms with E-state index in [1.165, 1.54) is 11.3 Å². The van der Waals surface area contributed by atoms with Crippen molar-refractivity contribution in [3.8, 4) is 11.5 Å². The van der Waals surface area contributed by atoms with Crippen molar-refractivity contribution in [3.05, 3.63) is 54.1 Å². The first kappa shape index (κ1) is 22.7. The van der Waals surface area contributed by atoms with Gasteiger partial charge < -0.3 is 25.0 Å².